The lowest BCUT2D eigenvalue weighted by Crippen LogP contribution is -2.55. The van der Waals surface area contributed by atoms with E-state index in [-0.39, 0.29) is 0 Å². The van der Waals surface area contributed by atoms with Crippen LogP contribution >= 0.6 is 15.9 Å². The predicted molar refractivity (Wildman–Crippen MR) is 85.1 cm³/mol. The Hall–Kier alpha value is -1.56. The maximum Gasteiger partial charge on any atom is 0.329 e. The van der Waals surface area contributed by atoms with E-state index in [9.17, 15) is 14.7 Å². The van der Waals surface area contributed by atoms with E-state index in [4.69, 9.17) is 0 Å². The van der Waals surface area contributed by atoms with Gasteiger partial charge in [-0.05, 0) is 31.0 Å². The Kier molecular flexibility index (Phi) is 6.20. The molecule has 1 atom stereocenters. The van der Waals surface area contributed by atoms with Gasteiger partial charge in [0.25, 0.3) is 0 Å². The number of benzene rings is 1. The second-order valence-electron chi connectivity index (χ2n) is 5.30. The molecule has 2 amide bonds. The molecule has 0 saturated heterocycles. The van der Waals surface area contributed by atoms with Crippen LogP contribution in [0.15, 0.2) is 28.7 Å². The monoisotopic (exact) mass is 356 g/mol. The lowest BCUT2D eigenvalue weighted by atomic mass is 9.96. The first-order valence-corrected chi connectivity index (χ1v) is 7.59. The van der Waals surface area contributed by atoms with E-state index in [2.05, 4.69) is 21.2 Å². The maximum atomic E-state index is 12.2. The van der Waals surface area contributed by atoms with Gasteiger partial charge in [-0.2, -0.15) is 0 Å². The molecule has 2 N–H and O–H groups in total. The number of carbonyl (C=O) groups is 2. The number of carboxylic acids is 1. The minimum absolute atomic E-state index is 0.389. The lowest BCUT2D eigenvalue weighted by Gasteiger charge is -2.29. The van der Waals surface area contributed by atoms with Crippen LogP contribution in [0.3, 0.4) is 0 Å². The van der Waals surface area contributed by atoms with Gasteiger partial charge in [-0.15, -0.1) is 0 Å². The highest BCUT2D eigenvalue weighted by Crippen LogP contribution is 2.15. The third-order valence-corrected chi connectivity index (χ3v) is 3.81. The van der Waals surface area contributed by atoms with Crippen molar-refractivity contribution in [3.63, 3.8) is 0 Å². The van der Waals surface area contributed by atoms with E-state index < -0.39 is 17.5 Å². The Morgan fingerprint density at radius 1 is 1.33 bits per heavy atom. The average Bonchev–Trinajstić information content (AvgIpc) is 2.41. The number of carboxylic acid groups (broad SMARTS) is 1. The second kappa shape index (κ2) is 7.45. The lowest BCUT2D eigenvalue weighted by molar-refractivity contribution is -0.144. The van der Waals surface area contributed by atoms with Gasteiger partial charge in [0.05, 0.1) is 0 Å². The van der Waals surface area contributed by atoms with Gasteiger partial charge in [-0.25, -0.2) is 9.59 Å². The van der Waals surface area contributed by atoms with Gasteiger partial charge >= 0.3 is 12.0 Å². The van der Waals surface area contributed by atoms with Gasteiger partial charge in [-0.1, -0.05) is 41.4 Å². The number of hydrogen-bond acceptors (Lipinski definition) is 2. The van der Waals surface area contributed by atoms with Gasteiger partial charge in [0.2, 0.25) is 0 Å². The van der Waals surface area contributed by atoms with Crippen LogP contribution in [0, 0.1) is 0 Å². The Labute approximate surface area is 133 Å². The van der Waals surface area contributed by atoms with E-state index in [1.165, 1.54) is 11.8 Å². The van der Waals surface area contributed by atoms with Gasteiger partial charge in [0, 0.05) is 18.1 Å². The van der Waals surface area contributed by atoms with Crippen LogP contribution in [-0.2, 0) is 11.3 Å². The zero-order valence-corrected chi connectivity index (χ0v) is 14.1. The Bertz CT molecular complexity index is 504. The summed E-state index contributed by atoms with van der Waals surface area (Å²) in [5.41, 5.74) is -0.261. The third kappa shape index (κ3) is 5.04. The number of nitrogens with zero attached hydrogens (tertiary/aromatic N) is 1. The number of aliphatic carboxylic acids is 1. The molecule has 0 aliphatic carbocycles. The smallest absolute Gasteiger partial charge is 0.329 e. The molecule has 0 aliphatic heterocycles. The van der Waals surface area contributed by atoms with Crippen molar-refractivity contribution < 1.29 is 14.7 Å². The minimum atomic E-state index is -1.24. The fourth-order valence-corrected chi connectivity index (χ4v) is 2.25. The zero-order valence-electron chi connectivity index (χ0n) is 12.5. The van der Waals surface area contributed by atoms with Crippen molar-refractivity contribution in [2.75, 3.05) is 7.05 Å². The molecule has 0 bridgehead atoms. The summed E-state index contributed by atoms with van der Waals surface area (Å²) in [6.45, 7) is 3.84. The van der Waals surface area contributed by atoms with E-state index in [1.54, 1.807) is 7.05 Å². The van der Waals surface area contributed by atoms with E-state index in [0.29, 0.717) is 19.4 Å². The molecule has 0 fully saturated rings. The molecule has 5 nitrogen and oxygen atoms in total. The Balaban J connectivity index is 2.69. The maximum absolute atomic E-state index is 12.2. The summed E-state index contributed by atoms with van der Waals surface area (Å²) < 4.78 is 0.972. The highest BCUT2D eigenvalue weighted by atomic mass is 79.9. The first-order chi connectivity index (χ1) is 9.78. The Morgan fingerprint density at radius 3 is 2.38 bits per heavy atom. The number of amides is 2. The molecular weight excluding hydrogens is 336 g/mol. The molecule has 1 aromatic rings. The molecule has 0 saturated carbocycles. The van der Waals surface area contributed by atoms with Gasteiger partial charge in [0.15, 0.2) is 0 Å². The number of carbonyl (C=O) groups excluding carboxylic acids is 1. The van der Waals surface area contributed by atoms with Crippen molar-refractivity contribution in [3.8, 4) is 0 Å². The molecule has 0 heterocycles. The van der Waals surface area contributed by atoms with Crippen LogP contribution in [0.2, 0.25) is 0 Å². The third-order valence-electron chi connectivity index (χ3n) is 3.28. The van der Waals surface area contributed by atoms with Crippen molar-refractivity contribution >= 4 is 27.9 Å². The molecule has 0 radical (unpaired) electrons. The predicted octanol–water partition coefficient (Wildman–Crippen LogP) is 3.23. The van der Waals surface area contributed by atoms with Crippen LogP contribution in [-0.4, -0.2) is 34.6 Å². The second-order valence-corrected chi connectivity index (χ2v) is 6.22. The van der Waals surface area contributed by atoms with Crippen molar-refractivity contribution in [2.45, 2.75) is 38.8 Å². The van der Waals surface area contributed by atoms with Crippen LogP contribution in [0.4, 0.5) is 4.79 Å². The molecule has 1 unspecified atom stereocenters. The zero-order chi connectivity index (χ0) is 16.0. The van der Waals surface area contributed by atoms with Gasteiger partial charge in [-0.3, -0.25) is 0 Å². The topological polar surface area (TPSA) is 69.6 Å². The summed E-state index contributed by atoms with van der Waals surface area (Å²) in [7, 11) is 1.64. The minimum Gasteiger partial charge on any atom is -0.480 e. The van der Waals surface area contributed by atoms with Crippen LogP contribution in [0.5, 0.6) is 0 Å². The van der Waals surface area contributed by atoms with Crippen molar-refractivity contribution in [2.24, 2.45) is 0 Å². The molecule has 0 aliphatic rings. The fourth-order valence-electron chi connectivity index (χ4n) is 1.99. The Morgan fingerprint density at radius 2 is 1.90 bits per heavy atom. The molecule has 0 aromatic heterocycles. The molecular formula is C15H21BrN2O3. The van der Waals surface area contributed by atoms with Crippen molar-refractivity contribution in [1.29, 1.82) is 0 Å². The van der Waals surface area contributed by atoms with E-state index >= 15 is 0 Å². The molecule has 116 valence electrons. The summed E-state index contributed by atoms with van der Waals surface area (Å²) in [5, 5.41) is 11.9. The van der Waals surface area contributed by atoms with Crippen LogP contribution in [0.25, 0.3) is 0 Å². The largest absolute Gasteiger partial charge is 0.480 e. The van der Waals surface area contributed by atoms with Gasteiger partial charge in [0.1, 0.15) is 5.54 Å². The van der Waals surface area contributed by atoms with E-state index in [1.807, 2.05) is 31.2 Å². The molecule has 6 heteroatoms. The van der Waals surface area contributed by atoms with Crippen LogP contribution in [0.1, 0.15) is 32.3 Å². The van der Waals surface area contributed by atoms with Crippen molar-refractivity contribution in [1.82, 2.24) is 10.2 Å². The quantitative estimate of drug-likeness (QED) is 0.821. The normalized spacial score (nSPS) is 13.3. The standard InChI is InChI=1S/C15H21BrN2O3/c1-4-9-15(2,13(19)20)17-14(21)18(3)10-11-5-7-12(16)8-6-11/h5-8H,4,9-10H2,1-3H3,(H,17,21)(H,19,20). The number of urea groups is 1. The summed E-state index contributed by atoms with van der Waals surface area (Å²) >= 11 is 3.36. The van der Waals surface area contributed by atoms with Crippen LogP contribution < -0.4 is 5.32 Å². The SMILES string of the molecule is CCCC(C)(NC(=O)N(C)Cc1ccc(Br)cc1)C(=O)O. The number of nitrogens with one attached hydrogen (secondary N) is 1. The number of rotatable bonds is 6. The average molecular weight is 357 g/mol. The molecule has 1 aromatic carbocycles. The fraction of sp³-hybridized carbons (Fsp3) is 0.467. The first kappa shape index (κ1) is 17.5. The number of halogens is 1. The highest BCUT2D eigenvalue weighted by Gasteiger charge is 2.34. The van der Waals surface area contributed by atoms with Gasteiger partial charge < -0.3 is 15.3 Å². The summed E-state index contributed by atoms with van der Waals surface area (Å²) in [4.78, 5) is 25.0. The van der Waals surface area contributed by atoms with Crippen molar-refractivity contribution in [3.05, 3.63) is 34.3 Å². The van der Waals surface area contributed by atoms with E-state index in [0.717, 1.165) is 10.0 Å². The molecule has 21 heavy (non-hydrogen) atoms. The molecule has 1 rings (SSSR count). The summed E-state index contributed by atoms with van der Waals surface area (Å²) in [6, 6.07) is 7.24. The number of hydrogen-bond donors (Lipinski definition) is 2. The highest BCUT2D eigenvalue weighted by molar-refractivity contribution is 9.10. The summed E-state index contributed by atoms with van der Waals surface area (Å²) in [5.74, 6) is -1.02. The first-order valence-electron chi connectivity index (χ1n) is 6.79. The summed E-state index contributed by atoms with van der Waals surface area (Å²) in [6.07, 6.45) is 1.07. The molecule has 0 spiro atoms.